The first kappa shape index (κ1) is 11.9. The second-order valence-corrected chi connectivity index (χ2v) is 4.45. The second-order valence-electron chi connectivity index (χ2n) is 4.45. The summed E-state index contributed by atoms with van der Waals surface area (Å²) in [6.07, 6.45) is 3.11. The fraction of sp³-hybridized carbons (Fsp3) is 0.200. The minimum Gasteiger partial charge on any atom is -0.422 e. The molecule has 0 spiro atoms. The molecule has 2 heterocycles. The van der Waals surface area contributed by atoms with Crippen molar-refractivity contribution in [1.29, 1.82) is 0 Å². The van der Waals surface area contributed by atoms with Gasteiger partial charge in [0.1, 0.15) is 5.58 Å². The molecule has 0 radical (unpaired) electrons. The lowest BCUT2D eigenvalue weighted by Gasteiger charge is -2.04. The first-order valence-electron chi connectivity index (χ1n) is 6.21. The van der Waals surface area contributed by atoms with E-state index in [1.807, 2.05) is 18.2 Å². The quantitative estimate of drug-likeness (QED) is 0.576. The average molecular weight is 255 g/mol. The molecule has 3 aromatic rings. The fourth-order valence-electron chi connectivity index (χ4n) is 2.20. The molecule has 2 aromatic heterocycles. The van der Waals surface area contributed by atoms with Crippen LogP contribution in [-0.4, -0.2) is 16.7 Å². The van der Waals surface area contributed by atoms with Crippen LogP contribution in [0, 0.1) is 0 Å². The van der Waals surface area contributed by atoms with Crippen molar-refractivity contribution in [3.8, 4) is 0 Å². The highest BCUT2D eigenvalue weighted by molar-refractivity contribution is 6.01. The number of fused-ring (bicyclic) bond motifs is 3. The third-order valence-electron chi connectivity index (χ3n) is 3.13. The molecule has 19 heavy (non-hydrogen) atoms. The number of pyridine rings is 1. The van der Waals surface area contributed by atoms with Gasteiger partial charge in [0.2, 0.25) is 0 Å². The lowest BCUT2D eigenvalue weighted by atomic mass is 10.1. The Labute approximate surface area is 109 Å². The molecule has 0 aliphatic heterocycles. The van der Waals surface area contributed by atoms with Gasteiger partial charge < -0.3 is 9.52 Å². The van der Waals surface area contributed by atoms with Crippen molar-refractivity contribution in [2.24, 2.45) is 0 Å². The molecule has 0 saturated heterocycles. The summed E-state index contributed by atoms with van der Waals surface area (Å²) >= 11 is 0. The van der Waals surface area contributed by atoms with Crippen LogP contribution in [0.15, 0.2) is 45.7 Å². The summed E-state index contributed by atoms with van der Waals surface area (Å²) in [6.45, 7) is 0.129. The van der Waals surface area contributed by atoms with Crippen molar-refractivity contribution in [3.63, 3.8) is 0 Å². The van der Waals surface area contributed by atoms with Gasteiger partial charge in [0.25, 0.3) is 0 Å². The smallest absolute Gasteiger partial charge is 0.345 e. The third-order valence-corrected chi connectivity index (χ3v) is 3.13. The van der Waals surface area contributed by atoms with Crippen LogP contribution in [0.2, 0.25) is 0 Å². The number of nitrogens with zero attached hydrogens (tertiary/aromatic N) is 1. The Bertz CT molecular complexity index is 792. The van der Waals surface area contributed by atoms with Crippen LogP contribution in [-0.2, 0) is 6.42 Å². The molecule has 0 amide bonds. The monoisotopic (exact) mass is 255 g/mol. The van der Waals surface area contributed by atoms with Gasteiger partial charge in [-0.15, -0.1) is 0 Å². The van der Waals surface area contributed by atoms with Gasteiger partial charge in [0, 0.05) is 18.2 Å². The van der Waals surface area contributed by atoms with Crippen LogP contribution < -0.4 is 5.63 Å². The maximum absolute atomic E-state index is 12.0. The molecule has 0 aliphatic rings. The standard InChI is InChI=1S/C15H13NO3/c17-7-3-4-10-8-12-14(16-9-10)11-5-1-2-6-13(11)19-15(12)18/h1-2,5-6,8-9,17H,3-4,7H2. The summed E-state index contributed by atoms with van der Waals surface area (Å²) in [7, 11) is 0. The Balaban J connectivity index is 2.26. The Hall–Kier alpha value is -2.20. The van der Waals surface area contributed by atoms with Crippen molar-refractivity contribution in [3.05, 3.63) is 52.5 Å². The summed E-state index contributed by atoms with van der Waals surface area (Å²) < 4.78 is 5.29. The number of aliphatic hydroxyl groups is 1. The summed E-state index contributed by atoms with van der Waals surface area (Å²) in [5.74, 6) is 0. The molecule has 0 bridgehead atoms. The van der Waals surface area contributed by atoms with Crippen molar-refractivity contribution in [2.75, 3.05) is 6.61 Å². The maximum atomic E-state index is 12.0. The molecule has 0 fully saturated rings. The largest absolute Gasteiger partial charge is 0.422 e. The van der Waals surface area contributed by atoms with Gasteiger partial charge in [-0.2, -0.15) is 0 Å². The molecule has 0 aliphatic carbocycles. The van der Waals surface area contributed by atoms with Gasteiger partial charge in [0.05, 0.1) is 10.9 Å². The number of aromatic nitrogens is 1. The zero-order valence-corrected chi connectivity index (χ0v) is 10.3. The highest BCUT2D eigenvalue weighted by Crippen LogP contribution is 2.21. The summed E-state index contributed by atoms with van der Waals surface area (Å²) in [6, 6.07) is 9.17. The van der Waals surface area contributed by atoms with E-state index in [9.17, 15) is 4.79 Å². The minimum absolute atomic E-state index is 0.129. The Morgan fingerprint density at radius 2 is 2.05 bits per heavy atom. The topological polar surface area (TPSA) is 63.3 Å². The SMILES string of the molecule is O=c1oc2ccccc2c2ncc(CCCO)cc12. The number of benzene rings is 1. The van der Waals surface area contributed by atoms with Gasteiger partial charge >= 0.3 is 5.63 Å². The van der Waals surface area contributed by atoms with E-state index in [-0.39, 0.29) is 12.2 Å². The lowest BCUT2D eigenvalue weighted by molar-refractivity contribution is 0.288. The van der Waals surface area contributed by atoms with E-state index in [1.165, 1.54) is 0 Å². The number of rotatable bonds is 3. The number of hydrogen-bond donors (Lipinski definition) is 1. The van der Waals surface area contributed by atoms with Crippen LogP contribution in [0.5, 0.6) is 0 Å². The first-order chi connectivity index (χ1) is 9.29. The molecule has 1 N–H and O–H groups in total. The minimum atomic E-state index is -0.368. The van der Waals surface area contributed by atoms with E-state index in [0.717, 1.165) is 10.9 Å². The summed E-state index contributed by atoms with van der Waals surface area (Å²) in [4.78, 5) is 16.3. The second kappa shape index (κ2) is 4.82. The van der Waals surface area contributed by atoms with Gasteiger partial charge in [-0.3, -0.25) is 4.98 Å². The van der Waals surface area contributed by atoms with Gasteiger partial charge in [-0.1, -0.05) is 12.1 Å². The predicted octanol–water partition coefficient (Wildman–Crippen LogP) is 2.27. The number of para-hydroxylation sites is 1. The number of aliphatic hydroxyl groups excluding tert-OH is 1. The van der Waals surface area contributed by atoms with Crippen LogP contribution in [0.4, 0.5) is 0 Å². The molecule has 0 atom stereocenters. The normalized spacial score (nSPS) is 11.2. The molecule has 4 nitrogen and oxygen atoms in total. The molecule has 4 heteroatoms. The van der Waals surface area contributed by atoms with E-state index in [0.29, 0.717) is 29.3 Å². The van der Waals surface area contributed by atoms with Crippen molar-refractivity contribution >= 4 is 21.9 Å². The summed E-state index contributed by atoms with van der Waals surface area (Å²) in [5.41, 5.74) is 1.78. The average Bonchev–Trinajstić information content (AvgIpc) is 2.45. The highest BCUT2D eigenvalue weighted by Gasteiger charge is 2.08. The summed E-state index contributed by atoms with van der Waals surface area (Å²) in [5, 5.41) is 10.2. The molecule has 1 aromatic carbocycles. The molecule has 96 valence electrons. The lowest BCUT2D eigenvalue weighted by Crippen LogP contribution is -2.02. The van der Waals surface area contributed by atoms with E-state index in [4.69, 9.17) is 9.52 Å². The maximum Gasteiger partial charge on any atom is 0.345 e. The number of aryl methyl sites for hydroxylation is 1. The Kier molecular flexibility index (Phi) is 3.01. The van der Waals surface area contributed by atoms with Crippen molar-refractivity contribution in [2.45, 2.75) is 12.8 Å². The third kappa shape index (κ3) is 2.11. The van der Waals surface area contributed by atoms with E-state index in [1.54, 1.807) is 18.3 Å². The highest BCUT2D eigenvalue weighted by atomic mass is 16.4. The molecule has 3 rings (SSSR count). The van der Waals surface area contributed by atoms with Crippen molar-refractivity contribution < 1.29 is 9.52 Å². The van der Waals surface area contributed by atoms with E-state index >= 15 is 0 Å². The Morgan fingerprint density at radius 3 is 2.89 bits per heavy atom. The van der Waals surface area contributed by atoms with Crippen LogP contribution in [0.25, 0.3) is 21.9 Å². The fourth-order valence-corrected chi connectivity index (χ4v) is 2.20. The Morgan fingerprint density at radius 1 is 1.21 bits per heavy atom. The van der Waals surface area contributed by atoms with Gasteiger partial charge in [-0.05, 0) is 36.6 Å². The first-order valence-corrected chi connectivity index (χ1v) is 6.21. The van der Waals surface area contributed by atoms with Crippen molar-refractivity contribution in [1.82, 2.24) is 4.98 Å². The zero-order chi connectivity index (χ0) is 13.2. The van der Waals surface area contributed by atoms with E-state index in [2.05, 4.69) is 4.98 Å². The van der Waals surface area contributed by atoms with Crippen LogP contribution >= 0.6 is 0 Å². The zero-order valence-electron chi connectivity index (χ0n) is 10.3. The van der Waals surface area contributed by atoms with Gasteiger partial charge in [-0.25, -0.2) is 4.79 Å². The van der Waals surface area contributed by atoms with Crippen LogP contribution in [0.3, 0.4) is 0 Å². The molecular weight excluding hydrogens is 242 g/mol. The van der Waals surface area contributed by atoms with E-state index < -0.39 is 0 Å². The predicted molar refractivity (Wildman–Crippen MR) is 73.2 cm³/mol. The molecular formula is C15H13NO3. The molecule has 0 unspecified atom stereocenters. The van der Waals surface area contributed by atoms with Crippen LogP contribution in [0.1, 0.15) is 12.0 Å². The van der Waals surface area contributed by atoms with Gasteiger partial charge in [0.15, 0.2) is 0 Å². The molecule has 0 saturated carbocycles. The number of hydrogen-bond acceptors (Lipinski definition) is 4.